The van der Waals surface area contributed by atoms with E-state index in [9.17, 15) is 18.0 Å². The summed E-state index contributed by atoms with van der Waals surface area (Å²) >= 11 is 0. The van der Waals surface area contributed by atoms with Crippen LogP contribution in [0.15, 0.2) is 35.6 Å². The Hall–Kier alpha value is -3.90. The van der Waals surface area contributed by atoms with Crippen LogP contribution in [-0.4, -0.2) is 70.8 Å². The van der Waals surface area contributed by atoms with Crippen LogP contribution >= 0.6 is 0 Å². The average Bonchev–Trinajstić information content (AvgIpc) is 3.44. The molecule has 1 aliphatic rings. The Labute approximate surface area is 196 Å². The molecule has 1 amide bonds. The van der Waals surface area contributed by atoms with Gasteiger partial charge in [0.05, 0.1) is 31.9 Å². The molecule has 1 fully saturated rings. The summed E-state index contributed by atoms with van der Waals surface area (Å²) in [5.74, 6) is -1.02. The Morgan fingerprint density at radius 3 is 2.94 bits per heavy atom. The molecular weight excluding hydrogens is 453 g/mol. The molecule has 1 aliphatic heterocycles. The number of anilines is 2. The van der Waals surface area contributed by atoms with Crippen molar-refractivity contribution < 1.29 is 26.8 Å². The van der Waals surface area contributed by atoms with Crippen molar-refractivity contribution in [2.75, 3.05) is 37.4 Å². The Kier molecular flexibility index (Phi) is 5.48. The zero-order valence-corrected chi connectivity index (χ0v) is 17.9. The lowest BCUT2D eigenvalue weighted by Crippen LogP contribution is -2.32. The van der Waals surface area contributed by atoms with Gasteiger partial charge in [0, 0.05) is 29.3 Å². The summed E-state index contributed by atoms with van der Waals surface area (Å²) in [5.41, 5.74) is 9.33. The largest absolute Gasteiger partial charge is 0.479 e. The predicted octanol–water partition coefficient (Wildman–Crippen LogP) is 3.73. The highest BCUT2D eigenvalue weighted by Crippen LogP contribution is 2.36. The molecule has 180 valence electrons. The minimum Gasteiger partial charge on any atom is -0.479 e. The molecule has 0 unspecified atom stereocenters. The fraction of sp³-hybridized carbons (Fsp3) is 0.381. The minimum absolute atomic E-state index is 0.00928. The van der Waals surface area contributed by atoms with Gasteiger partial charge >= 0.3 is 0 Å². The number of alkyl halides is 3. The number of amides is 1. The van der Waals surface area contributed by atoms with Gasteiger partial charge in [-0.3, -0.25) is 4.79 Å². The molecule has 3 N–H and O–H groups in total. The number of carbonyl (C=O) groups is 1. The molecule has 0 bridgehead atoms. The Morgan fingerprint density at radius 2 is 2.24 bits per heavy atom. The van der Waals surface area contributed by atoms with Crippen LogP contribution < -0.4 is 15.4 Å². The summed E-state index contributed by atoms with van der Waals surface area (Å²) in [4.78, 5) is 17.3. The van der Waals surface area contributed by atoms with Crippen molar-refractivity contribution in [3.05, 3.63) is 30.5 Å². The van der Waals surface area contributed by atoms with E-state index in [-0.39, 0.29) is 36.3 Å². The van der Waals surface area contributed by atoms with Crippen LogP contribution in [0.3, 0.4) is 0 Å². The highest BCUT2D eigenvalue weighted by Gasteiger charge is 2.35. The van der Waals surface area contributed by atoms with Crippen molar-refractivity contribution in [2.24, 2.45) is 5.11 Å². The number of aromatic nitrogens is 3. The fourth-order valence-corrected chi connectivity index (χ4v) is 3.79. The topological polar surface area (TPSA) is 120 Å². The van der Waals surface area contributed by atoms with Crippen LogP contribution in [0.2, 0.25) is 0 Å². The lowest BCUT2D eigenvalue weighted by molar-refractivity contribution is -0.128. The summed E-state index contributed by atoms with van der Waals surface area (Å²) in [7, 11) is 1.38. The average molecular weight is 479 g/mol. The first kappa shape index (κ1) is 19.6. The SMILES string of the molecule is [2H]C([2H])([2H])C(=O)N1C[C@@H](F)[C@@H](Nc2nc(OC)c3c(-c4ccc(N=N)c(NCC(F)F)c4)ccn3n2)C1. The molecule has 4 rings (SSSR count). The second kappa shape index (κ2) is 9.53. The Morgan fingerprint density at radius 1 is 1.41 bits per heavy atom. The standard InChI is InChI=1S/C21H23F3N8O2/c1-11(33)31-9-14(22)17(10-31)27-21-28-20(34-2)19-13(5-6-32(19)30-21)12-3-4-15(29-25)16(7-12)26-8-18(23)24/h3-7,14,17-18,25-26H,8-10H2,1-2H3,(H,27,30)/t14-,17+/m1/s1/i1D3. The molecule has 2 aromatic heterocycles. The fourth-order valence-electron chi connectivity index (χ4n) is 3.79. The van der Waals surface area contributed by atoms with Crippen LogP contribution in [-0.2, 0) is 4.79 Å². The molecule has 3 heterocycles. The van der Waals surface area contributed by atoms with E-state index < -0.39 is 37.9 Å². The number of fused-ring (bicyclic) bond motifs is 1. The molecule has 3 aromatic rings. The van der Waals surface area contributed by atoms with Crippen molar-refractivity contribution in [3.8, 4) is 17.0 Å². The van der Waals surface area contributed by atoms with Gasteiger partial charge in [-0.2, -0.15) is 10.1 Å². The first-order valence-corrected chi connectivity index (χ1v) is 10.2. The molecule has 1 aromatic carbocycles. The maximum absolute atomic E-state index is 14.6. The van der Waals surface area contributed by atoms with Gasteiger partial charge in [-0.05, 0) is 23.8 Å². The van der Waals surface area contributed by atoms with Gasteiger partial charge < -0.3 is 20.3 Å². The van der Waals surface area contributed by atoms with Crippen molar-refractivity contribution in [2.45, 2.75) is 25.5 Å². The molecule has 2 atom stereocenters. The zero-order valence-electron chi connectivity index (χ0n) is 20.9. The van der Waals surface area contributed by atoms with E-state index in [0.29, 0.717) is 16.6 Å². The molecular formula is C21H23F3N8O2. The van der Waals surface area contributed by atoms with E-state index >= 15 is 0 Å². The minimum atomic E-state index is -2.86. The van der Waals surface area contributed by atoms with Gasteiger partial charge in [-0.1, -0.05) is 6.07 Å². The lowest BCUT2D eigenvalue weighted by Gasteiger charge is -2.16. The first-order valence-electron chi connectivity index (χ1n) is 11.7. The van der Waals surface area contributed by atoms with E-state index in [0.717, 1.165) is 4.90 Å². The summed E-state index contributed by atoms with van der Waals surface area (Å²) in [6, 6.07) is 5.50. The van der Waals surface area contributed by atoms with E-state index in [1.54, 1.807) is 24.4 Å². The molecule has 34 heavy (non-hydrogen) atoms. The Bertz CT molecular complexity index is 1320. The number of likely N-dealkylation sites (tertiary alicyclic amines) is 1. The van der Waals surface area contributed by atoms with Crippen molar-refractivity contribution >= 4 is 28.7 Å². The molecule has 13 heteroatoms. The van der Waals surface area contributed by atoms with Crippen LogP contribution in [0.5, 0.6) is 5.88 Å². The summed E-state index contributed by atoms with van der Waals surface area (Å²) in [6.45, 7) is -4.03. The maximum atomic E-state index is 14.6. The summed E-state index contributed by atoms with van der Waals surface area (Å²) in [5, 5.41) is 13.1. The Balaban J connectivity index is 1.63. The van der Waals surface area contributed by atoms with E-state index in [1.807, 2.05) is 0 Å². The third-order valence-electron chi connectivity index (χ3n) is 5.40. The highest BCUT2D eigenvalue weighted by atomic mass is 19.3. The number of rotatable bonds is 8. The lowest BCUT2D eigenvalue weighted by atomic mass is 10.1. The van der Waals surface area contributed by atoms with E-state index in [4.69, 9.17) is 14.4 Å². The number of hydrogen-bond donors (Lipinski definition) is 3. The second-order valence-electron chi connectivity index (χ2n) is 7.56. The predicted molar refractivity (Wildman–Crippen MR) is 119 cm³/mol. The molecule has 0 spiro atoms. The number of carbonyl (C=O) groups excluding carboxylic acids is 1. The second-order valence-corrected chi connectivity index (χ2v) is 7.56. The number of hydrogen-bond acceptors (Lipinski definition) is 8. The number of nitrogens with zero attached hydrogens (tertiary/aromatic N) is 5. The molecule has 0 saturated carbocycles. The number of ether oxygens (including phenoxy) is 1. The quantitative estimate of drug-likeness (QED) is 0.424. The van der Waals surface area contributed by atoms with Gasteiger partial charge in [0.2, 0.25) is 17.7 Å². The number of halogens is 3. The van der Waals surface area contributed by atoms with Gasteiger partial charge in [-0.15, -0.1) is 5.10 Å². The third-order valence-corrected chi connectivity index (χ3v) is 5.40. The van der Waals surface area contributed by atoms with Crippen LogP contribution in [0, 0.1) is 5.53 Å². The highest BCUT2D eigenvalue weighted by molar-refractivity contribution is 5.87. The van der Waals surface area contributed by atoms with E-state index in [2.05, 4.69) is 25.8 Å². The van der Waals surface area contributed by atoms with Crippen molar-refractivity contribution in [1.82, 2.24) is 19.5 Å². The van der Waals surface area contributed by atoms with Crippen molar-refractivity contribution in [1.29, 1.82) is 5.53 Å². The van der Waals surface area contributed by atoms with Crippen LogP contribution in [0.1, 0.15) is 11.0 Å². The van der Waals surface area contributed by atoms with Gasteiger partial charge in [0.15, 0.2) is 0 Å². The summed E-state index contributed by atoms with van der Waals surface area (Å²) < 4.78 is 68.6. The normalized spacial score (nSPS) is 19.6. The molecule has 0 radical (unpaired) electrons. The summed E-state index contributed by atoms with van der Waals surface area (Å²) in [6.07, 6.45) is -2.54. The number of benzene rings is 1. The van der Waals surface area contributed by atoms with Gasteiger partial charge in [-0.25, -0.2) is 23.2 Å². The molecule has 0 aliphatic carbocycles. The van der Waals surface area contributed by atoms with Crippen molar-refractivity contribution in [3.63, 3.8) is 0 Å². The maximum Gasteiger partial charge on any atom is 0.255 e. The van der Waals surface area contributed by atoms with Crippen LogP contribution in [0.25, 0.3) is 16.6 Å². The number of nitrogens with one attached hydrogen (secondary N) is 3. The van der Waals surface area contributed by atoms with Gasteiger partial charge in [0.1, 0.15) is 17.4 Å². The molecule has 10 nitrogen and oxygen atoms in total. The first-order chi connectivity index (χ1) is 17.5. The zero-order chi connectivity index (χ0) is 26.9. The third kappa shape index (κ3) is 4.58. The van der Waals surface area contributed by atoms with E-state index in [1.165, 1.54) is 17.7 Å². The van der Waals surface area contributed by atoms with Crippen LogP contribution in [0.4, 0.5) is 30.5 Å². The molecule has 1 saturated heterocycles. The smallest absolute Gasteiger partial charge is 0.255 e. The van der Waals surface area contributed by atoms with Gasteiger partial charge in [0.25, 0.3) is 6.43 Å². The monoisotopic (exact) mass is 479 g/mol. The number of methoxy groups -OCH3 is 1.